The van der Waals surface area contributed by atoms with Gasteiger partial charge in [0.15, 0.2) is 5.15 Å². The minimum Gasteiger partial charge on any atom is -0.333 e. The van der Waals surface area contributed by atoms with Crippen molar-refractivity contribution in [2.24, 2.45) is 11.1 Å². The van der Waals surface area contributed by atoms with Gasteiger partial charge in [0.05, 0.1) is 12.0 Å². The lowest BCUT2D eigenvalue weighted by Gasteiger charge is -2.06. The van der Waals surface area contributed by atoms with E-state index in [1.165, 1.54) is 0 Å². The Morgan fingerprint density at radius 3 is 2.64 bits per heavy atom. The number of rotatable bonds is 2. The summed E-state index contributed by atoms with van der Waals surface area (Å²) in [6.07, 6.45) is 1.79. The molecule has 1 heterocycles. The maximum atomic E-state index is 6.06. The average molecular weight is 214 g/mol. The zero-order valence-electron chi connectivity index (χ0n) is 8.79. The standard InChI is InChI=1S/C10H16ClN3/c1-4-14-5-13-9(11)7(14)6-8(12)10(6,2)3/h5-6,8H,4,12H2,1-3H3/t6-,8-/m0/s1. The molecule has 0 bridgehead atoms. The van der Waals surface area contributed by atoms with Crippen molar-refractivity contribution in [3.8, 4) is 0 Å². The monoisotopic (exact) mass is 213 g/mol. The van der Waals surface area contributed by atoms with E-state index in [2.05, 4.69) is 30.3 Å². The Labute approximate surface area is 89.3 Å². The van der Waals surface area contributed by atoms with Gasteiger partial charge in [-0.25, -0.2) is 4.98 Å². The predicted molar refractivity (Wildman–Crippen MR) is 57.4 cm³/mol. The Morgan fingerprint density at radius 1 is 1.64 bits per heavy atom. The van der Waals surface area contributed by atoms with E-state index in [0.29, 0.717) is 11.1 Å². The Balaban J connectivity index is 2.38. The third kappa shape index (κ3) is 1.19. The highest BCUT2D eigenvalue weighted by atomic mass is 35.5. The van der Waals surface area contributed by atoms with Gasteiger partial charge in [-0.15, -0.1) is 0 Å². The van der Waals surface area contributed by atoms with E-state index in [1.807, 2.05) is 0 Å². The van der Waals surface area contributed by atoms with Gasteiger partial charge < -0.3 is 10.3 Å². The van der Waals surface area contributed by atoms with Crippen molar-refractivity contribution < 1.29 is 0 Å². The second kappa shape index (κ2) is 2.97. The van der Waals surface area contributed by atoms with Crippen LogP contribution in [0.25, 0.3) is 0 Å². The molecular weight excluding hydrogens is 198 g/mol. The number of halogens is 1. The fourth-order valence-electron chi connectivity index (χ4n) is 2.13. The van der Waals surface area contributed by atoms with Crippen LogP contribution in [0.15, 0.2) is 6.33 Å². The molecule has 0 unspecified atom stereocenters. The van der Waals surface area contributed by atoms with Crippen LogP contribution in [0.2, 0.25) is 5.15 Å². The Morgan fingerprint density at radius 2 is 2.21 bits per heavy atom. The zero-order chi connectivity index (χ0) is 10.5. The third-order valence-corrected chi connectivity index (χ3v) is 3.67. The van der Waals surface area contributed by atoms with E-state index in [1.54, 1.807) is 6.33 Å². The molecule has 1 aromatic heterocycles. The molecule has 2 N–H and O–H groups in total. The summed E-state index contributed by atoms with van der Waals surface area (Å²) < 4.78 is 2.08. The highest BCUT2D eigenvalue weighted by Crippen LogP contribution is 2.58. The normalized spacial score (nSPS) is 29.2. The molecule has 0 spiro atoms. The van der Waals surface area contributed by atoms with Gasteiger partial charge in [-0.3, -0.25) is 0 Å². The summed E-state index contributed by atoms with van der Waals surface area (Å²) in [5.74, 6) is 0.359. The average Bonchev–Trinajstić information content (AvgIpc) is 2.45. The molecule has 2 rings (SSSR count). The molecule has 3 nitrogen and oxygen atoms in total. The number of aryl methyl sites for hydroxylation is 1. The van der Waals surface area contributed by atoms with E-state index in [0.717, 1.165) is 12.2 Å². The summed E-state index contributed by atoms with van der Waals surface area (Å²) in [5, 5.41) is 0.609. The van der Waals surface area contributed by atoms with Crippen molar-refractivity contribution in [1.82, 2.24) is 9.55 Å². The molecule has 78 valence electrons. The van der Waals surface area contributed by atoms with Crippen LogP contribution in [0.4, 0.5) is 0 Å². The molecule has 0 amide bonds. The van der Waals surface area contributed by atoms with Crippen molar-refractivity contribution in [2.75, 3.05) is 0 Å². The van der Waals surface area contributed by atoms with Crippen LogP contribution in [-0.4, -0.2) is 15.6 Å². The number of imidazole rings is 1. The lowest BCUT2D eigenvalue weighted by Crippen LogP contribution is -2.07. The van der Waals surface area contributed by atoms with Gasteiger partial charge in [-0.2, -0.15) is 0 Å². The maximum Gasteiger partial charge on any atom is 0.150 e. The molecule has 1 aliphatic carbocycles. The van der Waals surface area contributed by atoms with Gasteiger partial charge in [-0.05, 0) is 12.3 Å². The molecule has 0 saturated heterocycles. The van der Waals surface area contributed by atoms with Crippen molar-refractivity contribution in [3.05, 3.63) is 17.2 Å². The van der Waals surface area contributed by atoms with Crippen LogP contribution in [0.1, 0.15) is 32.4 Å². The maximum absolute atomic E-state index is 6.06. The molecule has 1 saturated carbocycles. The van der Waals surface area contributed by atoms with E-state index < -0.39 is 0 Å². The Hall–Kier alpha value is -0.540. The first kappa shape index (κ1) is 9.99. The van der Waals surface area contributed by atoms with Crippen molar-refractivity contribution in [2.45, 2.75) is 39.3 Å². The summed E-state index contributed by atoms with van der Waals surface area (Å²) in [4.78, 5) is 4.12. The Kier molecular flexibility index (Phi) is 2.12. The number of nitrogens with two attached hydrogens (primary N) is 1. The highest BCUT2D eigenvalue weighted by Gasteiger charge is 2.58. The number of hydrogen-bond donors (Lipinski definition) is 1. The molecule has 1 fully saturated rings. The number of nitrogens with zero attached hydrogens (tertiary/aromatic N) is 2. The van der Waals surface area contributed by atoms with E-state index in [4.69, 9.17) is 17.3 Å². The summed E-state index contributed by atoms with van der Waals surface area (Å²) in [5.41, 5.74) is 7.29. The van der Waals surface area contributed by atoms with Crippen molar-refractivity contribution >= 4 is 11.6 Å². The number of aromatic nitrogens is 2. The molecule has 14 heavy (non-hydrogen) atoms. The fourth-order valence-corrected chi connectivity index (χ4v) is 2.40. The molecule has 1 aliphatic rings. The summed E-state index contributed by atoms with van der Waals surface area (Å²) in [6.45, 7) is 7.33. The molecule has 2 atom stereocenters. The Bertz CT molecular complexity index is 356. The van der Waals surface area contributed by atoms with Crippen LogP contribution < -0.4 is 5.73 Å². The highest BCUT2D eigenvalue weighted by molar-refractivity contribution is 6.30. The quantitative estimate of drug-likeness (QED) is 0.817. The topological polar surface area (TPSA) is 43.8 Å². The van der Waals surface area contributed by atoms with Crippen molar-refractivity contribution in [3.63, 3.8) is 0 Å². The SMILES string of the molecule is CCn1cnc(Cl)c1[C@H]1[C@H](N)C1(C)C. The first-order chi connectivity index (χ1) is 6.50. The second-order valence-electron chi connectivity index (χ2n) is 4.53. The third-order valence-electron chi connectivity index (χ3n) is 3.38. The van der Waals surface area contributed by atoms with E-state index in [-0.39, 0.29) is 11.5 Å². The van der Waals surface area contributed by atoms with Crippen LogP contribution in [0.3, 0.4) is 0 Å². The smallest absolute Gasteiger partial charge is 0.150 e. The molecule has 1 aromatic rings. The molecule has 0 aliphatic heterocycles. The van der Waals surface area contributed by atoms with Gasteiger partial charge >= 0.3 is 0 Å². The molecule has 0 aromatic carbocycles. The summed E-state index contributed by atoms with van der Waals surface area (Å²) in [7, 11) is 0. The van der Waals surface area contributed by atoms with Gasteiger partial charge in [-0.1, -0.05) is 25.4 Å². The first-order valence-electron chi connectivity index (χ1n) is 4.96. The lowest BCUT2D eigenvalue weighted by molar-refractivity contribution is 0.583. The van der Waals surface area contributed by atoms with Gasteiger partial charge in [0.2, 0.25) is 0 Å². The van der Waals surface area contributed by atoms with E-state index in [9.17, 15) is 0 Å². The minimum atomic E-state index is 0.163. The van der Waals surface area contributed by atoms with Gasteiger partial charge in [0.1, 0.15) is 0 Å². The molecular formula is C10H16ClN3. The first-order valence-corrected chi connectivity index (χ1v) is 5.34. The summed E-state index contributed by atoms with van der Waals surface area (Å²) in [6, 6.07) is 0.210. The number of hydrogen-bond acceptors (Lipinski definition) is 2. The van der Waals surface area contributed by atoms with Gasteiger partial charge in [0, 0.05) is 18.5 Å². The van der Waals surface area contributed by atoms with Crippen LogP contribution in [-0.2, 0) is 6.54 Å². The molecule has 0 radical (unpaired) electrons. The second-order valence-corrected chi connectivity index (χ2v) is 4.89. The fraction of sp³-hybridized carbons (Fsp3) is 0.700. The lowest BCUT2D eigenvalue weighted by atomic mass is 10.1. The predicted octanol–water partition coefficient (Wildman–Crippen LogP) is 2.01. The van der Waals surface area contributed by atoms with Crippen molar-refractivity contribution in [1.29, 1.82) is 0 Å². The van der Waals surface area contributed by atoms with E-state index >= 15 is 0 Å². The largest absolute Gasteiger partial charge is 0.333 e. The molecule has 4 heteroatoms. The minimum absolute atomic E-state index is 0.163. The van der Waals surface area contributed by atoms with Gasteiger partial charge in [0.25, 0.3) is 0 Å². The van der Waals surface area contributed by atoms with Crippen LogP contribution in [0, 0.1) is 5.41 Å². The zero-order valence-corrected chi connectivity index (χ0v) is 9.54. The van der Waals surface area contributed by atoms with Crippen LogP contribution in [0.5, 0.6) is 0 Å². The van der Waals surface area contributed by atoms with Crippen LogP contribution >= 0.6 is 11.6 Å². The summed E-state index contributed by atoms with van der Waals surface area (Å²) >= 11 is 6.06.